The molecule has 0 aliphatic carbocycles. The Balaban J connectivity index is 0.000000570. The zero-order chi connectivity index (χ0) is 17.5. The van der Waals surface area contributed by atoms with E-state index < -0.39 is 6.93 Å². The van der Waals surface area contributed by atoms with Crippen molar-refractivity contribution in [2.45, 2.75) is 19.4 Å². The average Bonchev–Trinajstić information content (AvgIpc) is 3.27. The van der Waals surface area contributed by atoms with Gasteiger partial charge in [-0.15, -0.1) is 0 Å². The Morgan fingerprint density at radius 2 is 2.15 bits per heavy atom. The van der Waals surface area contributed by atoms with Gasteiger partial charge in [0.2, 0.25) is 0 Å². The summed E-state index contributed by atoms with van der Waals surface area (Å²) in [4.78, 5) is 13.5. The second-order valence-electron chi connectivity index (χ2n) is 5.58. The molecule has 1 aliphatic rings. The van der Waals surface area contributed by atoms with E-state index in [4.69, 9.17) is 4.74 Å². The summed E-state index contributed by atoms with van der Waals surface area (Å²) in [7, 11) is 0. The van der Waals surface area contributed by atoms with Crippen LogP contribution >= 0.6 is 0 Å². The van der Waals surface area contributed by atoms with Gasteiger partial charge in [0, 0.05) is 26.0 Å². The fourth-order valence-electron chi connectivity index (χ4n) is 2.77. The van der Waals surface area contributed by atoms with Crippen molar-refractivity contribution in [1.82, 2.24) is 24.7 Å². The van der Waals surface area contributed by atoms with Crippen LogP contribution in [0.25, 0.3) is 11.2 Å². The number of fused-ring (bicyclic) bond motifs is 1. The van der Waals surface area contributed by atoms with Gasteiger partial charge >= 0.3 is 31.1 Å². The summed E-state index contributed by atoms with van der Waals surface area (Å²) < 4.78 is 26.6. The molecule has 0 aromatic carbocycles. The van der Waals surface area contributed by atoms with E-state index in [0.29, 0.717) is 17.2 Å². The standard InChI is InChI=1S/C15H17N6O.CHF2.U/c1-5-17-20-13(1)18-14-9-16-12-2-6-21(15(12)19-14)10-11-3-7-22-8-4-11;2-1-3;/h1-2,6,9,11H,3-4,7-8,10H2,(H2,17,18,19,20);1H;/q2*-1;+2. The van der Waals surface area contributed by atoms with Crippen molar-refractivity contribution < 1.29 is 44.6 Å². The van der Waals surface area contributed by atoms with Gasteiger partial charge in [-0.05, 0) is 37.2 Å². The van der Waals surface area contributed by atoms with E-state index in [9.17, 15) is 8.78 Å². The predicted molar refractivity (Wildman–Crippen MR) is 86.8 cm³/mol. The van der Waals surface area contributed by atoms with Crippen LogP contribution in [0.3, 0.4) is 0 Å². The monoisotopic (exact) mass is 586 g/mol. The first-order valence-electron chi connectivity index (χ1n) is 7.90. The second-order valence-corrected chi connectivity index (χ2v) is 5.58. The molecular weight excluding hydrogens is 568 g/mol. The van der Waals surface area contributed by atoms with Crippen LogP contribution in [0.4, 0.5) is 14.6 Å². The van der Waals surface area contributed by atoms with Crippen LogP contribution in [0.1, 0.15) is 12.8 Å². The summed E-state index contributed by atoms with van der Waals surface area (Å²) >= 11 is 0. The largest absolute Gasteiger partial charge is 2.00 e. The molecule has 1 saturated heterocycles. The molecule has 0 atom stereocenters. The van der Waals surface area contributed by atoms with Gasteiger partial charge in [0.1, 0.15) is 5.52 Å². The predicted octanol–water partition coefficient (Wildman–Crippen LogP) is 2.59. The molecule has 0 amide bonds. The maximum Gasteiger partial charge on any atom is 2.00 e. The number of hydrogen-bond acceptors (Lipinski definition) is 4. The van der Waals surface area contributed by atoms with Crippen molar-refractivity contribution >= 4 is 17.0 Å². The van der Waals surface area contributed by atoms with Crippen molar-refractivity contribution in [2.24, 2.45) is 10.9 Å². The molecule has 3 aromatic rings. The number of halogens is 2. The topological polar surface area (TPSA) is 83.9 Å². The van der Waals surface area contributed by atoms with E-state index >= 15 is 0 Å². The van der Waals surface area contributed by atoms with Crippen LogP contribution in [-0.4, -0.2) is 37.9 Å². The third-order valence-electron chi connectivity index (χ3n) is 3.96. The first kappa shape index (κ1) is 20.8. The third-order valence-corrected chi connectivity index (χ3v) is 3.96. The van der Waals surface area contributed by atoms with Gasteiger partial charge < -0.3 is 33.3 Å². The summed E-state index contributed by atoms with van der Waals surface area (Å²) in [5.41, 5.74) is 2.46. The Labute approximate surface area is 172 Å². The van der Waals surface area contributed by atoms with E-state index in [-0.39, 0.29) is 31.1 Å². The molecule has 0 spiro atoms. The van der Waals surface area contributed by atoms with E-state index in [1.54, 1.807) is 12.3 Å². The number of rotatable bonds is 3. The number of hydrogen-bond donors (Lipinski definition) is 2. The Bertz CT molecular complexity index is 839. The molecule has 0 unspecified atom stereocenters. The van der Waals surface area contributed by atoms with Crippen LogP contribution in [0, 0.1) is 50.2 Å². The molecule has 1 fully saturated rings. The van der Waals surface area contributed by atoms with Gasteiger partial charge in [0.05, 0.1) is 6.20 Å². The Kier molecular flexibility index (Phi) is 8.49. The Morgan fingerprint density at radius 3 is 2.85 bits per heavy atom. The van der Waals surface area contributed by atoms with E-state index in [1.807, 2.05) is 6.07 Å². The van der Waals surface area contributed by atoms with Crippen molar-refractivity contribution in [3.63, 3.8) is 0 Å². The molecule has 2 N–H and O–H groups in total. The quantitative estimate of drug-likeness (QED) is 0.464. The van der Waals surface area contributed by atoms with Gasteiger partial charge in [-0.3, -0.25) is 0 Å². The fourth-order valence-corrected chi connectivity index (χ4v) is 2.77. The van der Waals surface area contributed by atoms with Crippen molar-refractivity contribution in [3.05, 3.63) is 43.1 Å². The first-order valence-corrected chi connectivity index (χ1v) is 7.90. The molecular formula is C16H18F2N6OU. The summed E-state index contributed by atoms with van der Waals surface area (Å²) in [5, 5.41) is 5.61. The Morgan fingerprint density at radius 1 is 1.38 bits per heavy atom. The van der Waals surface area contributed by atoms with E-state index in [1.165, 1.54) is 0 Å². The molecule has 10 heteroatoms. The van der Waals surface area contributed by atoms with Crippen molar-refractivity contribution in [2.75, 3.05) is 13.2 Å². The number of aromatic amines is 2. The zero-order valence-corrected chi connectivity index (χ0v) is 18.1. The number of nitrogens with zero attached hydrogens (tertiary/aromatic N) is 4. The molecule has 7 nitrogen and oxygen atoms in total. The summed E-state index contributed by atoms with van der Waals surface area (Å²) in [5.74, 6) is 1.23. The molecule has 26 heavy (non-hydrogen) atoms. The molecule has 0 bridgehead atoms. The molecule has 0 saturated carbocycles. The molecule has 0 radical (unpaired) electrons. The summed E-state index contributed by atoms with van der Waals surface area (Å²) in [6.07, 6.45) is 8.75. The van der Waals surface area contributed by atoms with Crippen LogP contribution in [0.2, 0.25) is 0 Å². The fraction of sp³-hybridized carbons (Fsp3) is 0.375. The minimum Gasteiger partial charge on any atom is -0.425 e. The minimum absolute atomic E-state index is 0. The maximum absolute atomic E-state index is 9.50. The van der Waals surface area contributed by atoms with E-state index in [2.05, 4.69) is 42.1 Å². The number of ether oxygens (including phenoxy) is 1. The van der Waals surface area contributed by atoms with Crippen LogP contribution in [0.15, 0.2) is 29.5 Å². The molecule has 3 aromatic heterocycles. The van der Waals surface area contributed by atoms with E-state index in [0.717, 1.165) is 43.8 Å². The maximum atomic E-state index is 9.50. The van der Waals surface area contributed by atoms with Crippen LogP contribution in [0.5, 0.6) is 0 Å². The van der Waals surface area contributed by atoms with Crippen LogP contribution in [-0.2, 0) is 11.3 Å². The van der Waals surface area contributed by atoms with Gasteiger partial charge in [-0.2, -0.15) is 12.3 Å². The van der Waals surface area contributed by atoms with Crippen molar-refractivity contribution in [1.29, 1.82) is 0 Å². The molecule has 4 heterocycles. The van der Waals surface area contributed by atoms with Gasteiger partial charge in [-0.25, -0.2) is 9.97 Å². The zero-order valence-electron chi connectivity index (χ0n) is 14.0. The summed E-state index contributed by atoms with van der Waals surface area (Å²) in [6.45, 7) is 1.67. The molecule has 4 rings (SSSR count). The van der Waals surface area contributed by atoms with Gasteiger partial charge in [-0.1, -0.05) is 0 Å². The normalized spacial score (nSPS) is 15.4. The van der Waals surface area contributed by atoms with Crippen LogP contribution < -0.4 is 5.49 Å². The minimum atomic E-state index is -1.00. The summed E-state index contributed by atoms with van der Waals surface area (Å²) in [6, 6.07) is 3.73. The smallest absolute Gasteiger partial charge is 0.425 e. The number of nitrogens with one attached hydrogen (secondary N) is 2. The molecule has 136 valence electrons. The first-order chi connectivity index (χ1) is 12.3. The SMILES string of the molecule is F[CH-]F.[U+2].[c-]1c/c(=N\c2cnc3ccn(CC4CCOCC4)c3n2)[nH][nH]1. The second kappa shape index (κ2) is 10.6. The van der Waals surface area contributed by atoms with Gasteiger partial charge in [0.15, 0.2) is 11.5 Å². The van der Waals surface area contributed by atoms with Gasteiger partial charge in [0.25, 0.3) is 0 Å². The van der Waals surface area contributed by atoms with Crippen molar-refractivity contribution in [3.8, 4) is 0 Å². The average molecular weight is 586 g/mol. The number of H-pyrrole nitrogens is 2. The third kappa shape index (κ3) is 5.50. The Hall–Kier alpha value is -1.50. The number of aromatic nitrogens is 5. The molecule has 1 aliphatic heterocycles.